The van der Waals surface area contributed by atoms with Gasteiger partial charge in [0.1, 0.15) is 17.3 Å². The van der Waals surface area contributed by atoms with Gasteiger partial charge < -0.3 is 14.9 Å². The molecule has 0 spiro atoms. The topological polar surface area (TPSA) is 83.8 Å². The fraction of sp³-hybridized carbons (Fsp3) is 0.333. The Hall–Kier alpha value is -1.88. The van der Waals surface area contributed by atoms with E-state index in [1.165, 1.54) is 20.1 Å². The highest BCUT2D eigenvalue weighted by Gasteiger charge is 2.18. The minimum atomic E-state index is -0.448. The van der Waals surface area contributed by atoms with Crippen LogP contribution in [0.3, 0.4) is 0 Å². The first kappa shape index (κ1) is 13.2. The molecule has 0 amide bonds. The fourth-order valence-corrected chi connectivity index (χ4v) is 1.68. The van der Waals surface area contributed by atoms with Crippen LogP contribution in [-0.2, 0) is 17.8 Å². The second-order valence-corrected chi connectivity index (χ2v) is 3.64. The summed E-state index contributed by atoms with van der Waals surface area (Å²) in [5, 5.41) is 18.8. The third kappa shape index (κ3) is 2.62. The number of carbonyl (C=O) groups is 2. The maximum atomic E-state index is 11.1. The molecule has 1 aromatic rings. The Morgan fingerprint density at radius 1 is 1.53 bits per heavy atom. The second kappa shape index (κ2) is 5.45. The van der Waals surface area contributed by atoms with Gasteiger partial charge in [0.05, 0.1) is 24.8 Å². The van der Waals surface area contributed by atoms with Crippen molar-refractivity contribution in [3.8, 4) is 11.5 Å². The number of aromatic hydroxyl groups is 1. The van der Waals surface area contributed by atoms with Gasteiger partial charge in [-0.05, 0) is 18.6 Å². The van der Waals surface area contributed by atoms with E-state index in [-0.39, 0.29) is 34.8 Å². The zero-order chi connectivity index (χ0) is 13.0. The van der Waals surface area contributed by atoms with Crippen molar-refractivity contribution < 1.29 is 24.5 Å². The molecular formula is C12H14O5. The van der Waals surface area contributed by atoms with E-state index in [0.29, 0.717) is 11.8 Å². The molecule has 0 fully saturated rings. The molecule has 0 aromatic heterocycles. The molecule has 1 aromatic carbocycles. The van der Waals surface area contributed by atoms with E-state index in [9.17, 15) is 14.7 Å². The Kier molecular flexibility index (Phi) is 4.23. The highest BCUT2D eigenvalue weighted by atomic mass is 16.5. The molecule has 1 rings (SSSR count). The van der Waals surface area contributed by atoms with Crippen molar-refractivity contribution in [1.82, 2.24) is 0 Å². The molecule has 0 aliphatic carbocycles. The molecule has 0 saturated carbocycles. The predicted octanol–water partition coefficient (Wildman–Crippen LogP) is 0.837. The lowest BCUT2D eigenvalue weighted by atomic mass is 9.98. The number of rotatable bonds is 5. The highest BCUT2D eigenvalue weighted by Crippen LogP contribution is 2.33. The molecule has 0 saturated heterocycles. The molecule has 0 aliphatic heterocycles. The minimum Gasteiger partial charge on any atom is -0.507 e. The average Bonchev–Trinajstić information content (AvgIpc) is 2.27. The zero-order valence-corrected chi connectivity index (χ0v) is 9.69. The summed E-state index contributed by atoms with van der Waals surface area (Å²) >= 11 is 0. The van der Waals surface area contributed by atoms with Gasteiger partial charge >= 0.3 is 0 Å². The predicted molar refractivity (Wildman–Crippen MR) is 60.4 cm³/mol. The van der Waals surface area contributed by atoms with Crippen LogP contribution in [0.15, 0.2) is 6.07 Å². The van der Waals surface area contributed by atoms with Gasteiger partial charge in [0.15, 0.2) is 6.29 Å². The zero-order valence-electron chi connectivity index (χ0n) is 9.69. The van der Waals surface area contributed by atoms with E-state index < -0.39 is 6.61 Å². The normalized spacial score (nSPS) is 10.1. The minimum absolute atomic E-state index is 0.0315. The third-order valence-corrected chi connectivity index (χ3v) is 2.40. The number of methoxy groups -OCH3 is 1. The number of hydrogen-bond acceptors (Lipinski definition) is 5. The standard InChI is InChI=1S/C12H14O5/c1-7(15)3-8-4-11(16)10(6-14)12(17-2)9(8)5-13/h4-5,14,16H,3,6H2,1-2H3. The van der Waals surface area contributed by atoms with Crippen LogP contribution in [0.25, 0.3) is 0 Å². The third-order valence-electron chi connectivity index (χ3n) is 2.40. The molecule has 5 heteroatoms. The van der Waals surface area contributed by atoms with Crippen molar-refractivity contribution in [3.63, 3.8) is 0 Å². The number of aliphatic hydroxyl groups is 1. The molecule has 0 unspecified atom stereocenters. The first-order chi connectivity index (χ1) is 8.04. The Labute approximate surface area is 98.6 Å². The molecule has 17 heavy (non-hydrogen) atoms. The van der Waals surface area contributed by atoms with Crippen LogP contribution in [0.4, 0.5) is 0 Å². The van der Waals surface area contributed by atoms with Gasteiger partial charge in [0.2, 0.25) is 0 Å². The van der Waals surface area contributed by atoms with Crippen molar-refractivity contribution in [2.45, 2.75) is 20.0 Å². The van der Waals surface area contributed by atoms with E-state index in [4.69, 9.17) is 9.84 Å². The Morgan fingerprint density at radius 3 is 2.59 bits per heavy atom. The molecule has 0 radical (unpaired) electrons. The number of ketones is 1. The van der Waals surface area contributed by atoms with Crippen molar-refractivity contribution in [2.24, 2.45) is 0 Å². The molecule has 0 aliphatic rings. The second-order valence-electron chi connectivity index (χ2n) is 3.64. The maximum absolute atomic E-state index is 11.1. The van der Waals surface area contributed by atoms with Gasteiger partial charge in [0, 0.05) is 6.42 Å². The number of carbonyl (C=O) groups excluding carboxylic acids is 2. The van der Waals surface area contributed by atoms with Crippen LogP contribution in [0.1, 0.15) is 28.4 Å². The van der Waals surface area contributed by atoms with Crippen LogP contribution in [0.2, 0.25) is 0 Å². The quantitative estimate of drug-likeness (QED) is 0.742. The molecule has 0 bridgehead atoms. The monoisotopic (exact) mass is 238 g/mol. The Morgan fingerprint density at radius 2 is 2.18 bits per heavy atom. The Bertz CT molecular complexity index is 451. The largest absolute Gasteiger partial charge is 0.507 e. The van der Waals surface area contributed by atoms with E-state index in [1.807, 2.05) is 0 Å². The molecule has 5 nitrogen and oxygen atoms in total. The number of hydrogen-bond donors (Lipinski definition) is 2. The number of aldehydes is 1. The van der Waals surface area contributed by atoms with Gasteiger partial charge in [-0.1, -0.05) is 0 Å². The van der Waals surface area contributed by atoms with Crippen molar-refractivity contribution in [3.05, 3.63) is 22.8 Å². The lowest BCUT2D eigenvalue weighted by molar-refractivity contribution is -0.116. The summed E-state index contributed by atoms with van der Waals surface area (Å²) in [5.74, 6) is -0.212. The first-order valence-electron chi connectivity index (χ1n) is 5.02. The van der Waals surface area contributed by atoms with E-state index in [0.717, 1.165) is 0 Å². The summed E-state index contributed by atoms with van der Waals surface area (Å²) in [6.45, 7) is 0.939. The van der Waals surface area contributed by atoms with Gasteiger partial charge in [0.25, 0.3) is 0 Å². The number of ether oxygens (including phenoxy) is 1. The van der Waals surface area contributed by atoms with Crippen LogP contribution < -0.4 is 4.74 Å². The summed E-state index contributed by atoms with van der Waals surface area (Å²) in [6.07, 6.45) is 0.583. The summed E-state index contributed by atoms with van der Waals surface area (Å²) in [7, 11) is 1.33. The summed E-state index contributed by atoms with van der Waals surface area (Å²) < 4.78 is 5.00. The molecule has 92 valence electrons. The summed E-state index contributed by atoms with van der Waals surface area (Å²) in [4.78, 5) is 22.1. The van der Waals surface area contributed by atoms with E-state index in [2.05, 4.69) is 0 Å². The molecular weight excluding hydrogens is 224 g/mol. The highest BCUT2D eigenvalue weighted by molar-refractivity contribution is 5.88. The maximum Gasteiger partial charge on any atom is 0.154 e. The molecule has 2 N–H and O–H groups in total. The van der Waals surface area contributed by atoms with Gasteiger partial charge in [-0.25, -0.2) is 0 Å². The summed E-state index contributed by atoms with van der Waals surface area (Å²) in [6, 6.07) is 1.30. The SMILES string of the molecule is COc1c(C=O)c(CC(C)=O)cc(O)c1CO. The van der Waals surface area contributed by atoms with Crippen LogP contribution >= 0.6 is 0 Å². The molecule has 0 heterocycles. The lowest BCUT2D eigenvalue weighted by Gasteiger charge is -2.14. The van der Waals surface area contributed by atoms with Gasteiger partial charge in [-0.15, -0.1) is 0 Å². The molecule has 0 atom stereocenters. The van der Waals surface area contributed by atoms with Crippen LogP contribution in [-0.4, -0.2) is 29.4 Å². The van der Waals surface area contributed by atoms with E-state index >= 15 is 0 Å². The number of phenols is 1. The summed E-state index contributed by atoms with van der Waals surface area (Å²) in [5.41, 5.74) is 0.713. The van der Waals surface area contributed by atoms with Crippen molar-refractivity contribution >= 4 is 12.1 Å². The number of aliphatic hydroxyl groups excluding tert-OH is 1. The van der Waals surface area contributed by atoms with E-state index in [1.54, 1.807) is 0 Å². The van der Waals surface area contributed by atoms with Gasteiger partial charge in [-0.2, -0.15) is 0 Å². The lowest BCUT2D eigenvalue weighted by Crippen LogP contribution is -2.05. The number of Topliss-reactive ketones (excluding diaryl/α,β-unsaturated/α-hetero) is 1. The van der Waals surface area contributed by atoms with Gasteiger partial charge in [-0.3, -0.25) is 9.59 Å². The number of benzene rings is 1. The first-order valence-corrected chi connectivity index (χ1v) is 5.02. The Balaban J connectivity index is 3.47. The van der Waals surface area contributed by atoms with Crippen molar-refractivity contribution in [2.75, 3.05) is 7.11 Å². The average molecular weight is 238 g/mol. The smallest absolute Gasteiger partial charge is 0.154 e. The van der Waals surface area contributed by atoms with Crippen LogP contribution in [0, 0.1) is 0 Å². The van der Waals surface area contributed by atoms with Crippen LogP contribution in [0.5, 0.6) is 11.5 Å². The fourth-order valence-electron chi connectivity index (χ4n) is 1.68. The van der Waals surface area contributed by atoms with Crippen molar-refractivity contribution in [1.29, 1.82) is 0 Å².